The van der Waals surface area contributed by atoms with Gasteiger partial charge in [0.1, 0.15) is 0 Å². The topological polar surface area (TPSA) is 20.7 Å². The van der Waals surface area contributed by atoms with E-state index in [-0.39, 0.29) is 0 Å². The van der Waals surface area contributed by atoms with Crippen LogP contribution < -0.4 is 0 Å². The van der Waals surface area contributed by atoms with E-state index in [4.69, 9.17) is 35.4 Å². The van der Waals surface area contributed by atoms with E-state index in [0.29, 0.717) is 16.0 Å². The second kappa shape index (κ2) is 5.70. The van der Waals surface area contributed by atoms with Crippen LogP contribution in [-0.2, 0) is 6.54 Å². The third kappa shape index (κ3) is 2.76. The molecule has 0 aliphatic heterocycles. The fourth-order valence-electron chi connectivity index (χ4n) is 3.32. The normalized spacial score (nSPS) is 23.4. The first kappa shape index (κ1) is 14.4. The lowest BCUT2D eigenvalue weighted by atomic mass is 9.82. The molecule has 5 heteroatoms. The van der Waals surface area contributed by atoms with Gasteiger partial charge in [-0.05, 0) is 49.0 Å². The molecule has 1 fully saturated rings. The highest BCUT2D eigenvalue weighted by molar-refractivity contribution is 7.71. The standard InChI is InChI=1S/C15H18Cl2N2S/c1-9-3-2-4-10(5-9)8-19-14-7-12(17)11(16)6-13(14)18-15(19)20/h6-7,9-10H,2-5,8H2,1H3,(H,18,20). The van der Waals surface area contributed by atoms with Crippen LogP contribution in [0.1, 0.15) is 32.6 Å². The summed E-state index contributed by atoms with van der Waals surface area (Å²) in [5, 5.41) is 1.15. The maximum Gasteiger partial charge on any atom is 0.178 e. The molecule has 0 amide bonds. The van der Waals surface area contributed by atoms with Crippen molar-refractivity contribution in [1.82, 2.24) is 9.55 Å². The van der Waals surface area contributed by atoms with Gasteiger partial charge >= 0.3 is 0 Å². The molecule has 1 aliphatic rings. The number of hydrogen-bond donors (Lipinski definition) is 1. The van der Waals surface area contributed by atoms with Crippen LogP contribution in [0.2, 0.25) is 10.0 Å². The number of aromatic amines is 1. The van der Waals surface area contributed by atoms with Crippen LogP contribution in [0.25, 0.3) is 11.0 Å². The van der Waals surface area contributed by atoms with Crippen molar-refractivity contribution in [1.29, 1.82) is 0 Å². The van der Waals surface area contributed by atoms with E-state index >= 15 is 0 Å². The zero-order valence-corrected chi connectivity index (χ0v) is 13.8. The van der Waals surface area contributed by atoms with Gasteiger partial charge in [-0.3, -0.25) is 0 Å². The minimum Gasteiger partial charge on any atom is -0.331 e. The molecule has 3 rings (SSSR count). The summed E-state index contributed by atoms with van der Waals surface area (Å²) in [5.74, 6) is 1.53. The second-order valence-electron chi connectivity index (χ2n) is 5.96. The van der Waals surface area contributed by atoms with Crippen molar-refractivity contribution in [3.05, 3.63) is 26.9 Å². The van der Waals surface area contributed by atoms with E-state index in [0.717, 1.165) is 28.3 Å². The molecular weight excluding hydrogens is 311 g/mol. The molecule has 0 radical (unpaired) electrons. The molecule has 2 atom stereocenters. The van der Waals surface area contributed by atoms with Gasteiger partial charge in [0, 0.05) is 6.54 Å². The van der Waals surface area contributed by atoms with Gasteiger partial charge in [-0.1, -0.05) is 43.0 Å². The maximum atomic E-state index is 6.14. The number of hydrogen-bond acceptors (Lipinski definition) is 1. The molecule has 108 valence electrons. The summed E-state index contributed by atoms with van der Waals surface area (Å²) in [7, 11) is 0. The smallest absolute Gasteiger partial charge is 0.178 e. The second-order valence-corrected chi connectivity index (χ2v) is 7.16. The number of rotatable bonds is 2. The minimum atomic E-state index is 0.564. The summed E-state index contributed by atoms with van der Waals surface area (Å²) in [5.41, 5.74) is 2.02. The SMILES string of the molecule is CC1CCCC(Cn2c(=S)[nH]c3cc(Cl)c(Cl)cc32)C1. The van der Waals surface area contributed by atoms with Gasteiger partial charge in [0.05, 0.1) is 21.1 Å². The quantitative estimate of drug-likeness (QED) is 0.687. The Morgan fingerprint density at radius 2 is 2.05 bits per heavy atom. The van der Waals surface area contributed by atoms with Crippen LogP contribution in [0, 0.1) is 16.6 Å². The summed E-state index contributed by atoms with van der Waals surface area (Å²) in [6, 6.07) is 3.77. The van der Waals surface area contributed by atoms with Crippen molar-refractivity contribution in [2.75, 3.05) is 0 Å². The van der Waals surface area contributed by atoms with Crippen LogP contribution in [0.3, 0.4) is 0 Å². The number of H-pyrrole nitrogens is 1. The molecule has 0 bridgehead atoms. The molecule has 2 aromatic rings. The highest BCUT2D eigenvalue weighted by atomic mass is 35.5. The number of imidazole rings is 1. The Labute approximate surface area is 134 Å². The van der Waals surface area contributed by atoms with E-state index in [2.05, 4.69) is 16.5 Å². The molecule has 1 heterocycles. The van der Waals surface area contributed by atoms with E-state index in [9.17, 15) is 0 Å². The van der Waals surface area contributed by atoms with Gasteiger partial charge in [-0.25, -0.2) is 0 Å². The van der Waals surface area contributed by atoms with Gasteiger partial charge in [-0.15, -0.1) is 0 Å². The van der Waals surface area contributed by atoms with Gasteiger partial charge in [0.2, 0.25) is 0 Å². The molecule has 0 saturated heterocycles. The highest BCUT2D eigenvalue weighted by Crippen LogP contribution is 2.32. The Morgan fingerprint density at radius 1 is 1.30 bits per heavy atom. The molecule has 2 nitrogen and oxygen atoms in total. The van der Waals surface area contributed by atoms with E-state index in [1.807, 2.05) is 12.1 Å². The third-order valence-electron chi connectivity index (χ3n) is 4.30. The zero-order chi connectivity index (χ0) is 14.3. The number of halogens is 2. The number of fused-ring (bicyclic) bond motifs is 1. The summed E-state index contributed by atoms with van der Waals surface area (Å²) in [6.45, 7) is 3.32. The largest absolute Gasteiger partial charge is 0.331 e. The molecular formula is C15H18Cl2N2S. The number of nitrogens with one attached hydrogen (secondary N) is 1. The fourth-order valence-corrected chi connectivity index (χ4v) is 3.92. The number of benzene rings is 1. The summed E-state index contributed by atoms with van der Waals surface area (Å²) in [6.07, 6.45) is 5.27. The molecule has 0 spiro atoms. The average Bonchev–Trinajstić information content (AvgIpc) is 2.67. The van der Waals surface area contributed by atoms with Crippen LogP contribution >= 0.6 is 35.4 Å². The van der Waals surface area contributed by atoms with E-state index < -0.39 is 0 Å². The third-order valence-corrected chi connectivity index (χ3v) is 5.35. The van der Waals surface area contributed by atoms with E-state index in [1.165, 1.54) is 25.7 Å². The summed E-state index contributed by atoms with van der Waals surface area (Å²) in [4.78, 5) is 3.23. The Bertz CT molecular complexity index is 689. The Balaban J connectivity index is 1.96. The van der Waals surface area contributed by atoms with Crippen molar-refractivity contribution in [3.63, 3.8) is 0 Å². The molecule has 1 aliphatic carbocycles. The monoisotopic (exact) mass is 328 g/mol. The number of aromatic nitrogens is 2. The first-order valence-electron chi connectivity index (χ1n) is 7.12. The van der Waals surface area contributed by atoms with Crippen LogP contribution in [0.4, 0.5) is 0 Å². The Kier molecular flexibility index (Phi) is 4.11. The first-order valence-corrected chi connectivity index (χ1v) is 8.28. The van der Waals surface area contributed by atoms with E-state index in [1.54, 1.807) is 0 Å². The highest BCUT2D eigenvalue weighted by Gasteiger charge is 2.20. The molecule has 1 aromatic carbocycles. The zero-order valence-electron chi connectivity index (χ0n) is 11.5. The predicted octanol–water partition coefficient (Wildman–Crippen LogP) is 5.83. The first-order chi connectivity index (χ1) is 9.54. The van der Waals surface area contributed by atoms with Crippen molar-refractivity contribution in [3.8, 4) is 0 Å². The molecule has 1 saturated carbocycles. The fraction of sp³-hybridized carbons (Fsp3) is 0.533. The van der Waals surface area contributed by atoms with Crippen molar-refractivity contribution < 1.29 is 0 Å². The molecule has 2 unspecified atom stereocenters. The molecule has 1 aromatic heterocycles. The van der Waals surface area contributed by atoms with Crippen LogP contribution in [0.15, 0.2) is 12.1 Å². The van der Waals surface area contributed by atoms with Gasteiger partial charge in [0.25, 0.3) is 0 Å². The summed E-state index contributed by atoms with van der Waals surface area (Å²) >= 11 is 17.7. The lowest BCUT2D eigenvalue weighted by Gasteiger charge is -2.27. The van der Waals surface area contributed by atoms with Gasteiger partial charge in [-0.2, -0.15) is 0 Å². The van der Waals surface area contributed by atoms with Crippen molar-refractivity contribution in [2.24, 2.45) is 11.8 Å². The van der Waals surface area contributed by atoms with Crippen LogP contribution in [-0.4, -0.2) is 9.55 Å². The lowest BCUT2D eigenvalue weighted by Crippen LogP contribution is -2.18. The molecule has 20 heavy (non-hydrogen) atoms. The Morgan fingerprint density at radius 3 is 2.80 bits per heavy atom. The van der Waals surface area contributed by atoms with Crippen molar-refractivity contribution >= 4 is 46.5 Å². The van der Waals surface area contributed by atoms with Gasteiger partial charge < -0.3 is 9.55 Å². The molecule has 1 N–H and O–H groups in total. The minimum absolute atomic E-state index is 0.564. The van der Waals surface area contributed by atoms with Gasteiger partial charge in [0.15, 0.2) is 4.77 Å². The Hall–Kier alpha value is -0.510. The average molecular weight is 329 g/mol. The lowest BCUT2D eigenvalue weighted by molar-refractivity contribution is 0.258. The van der Waals surface area contributed by atoms with Crippen LogP contribution in [0.5, 0.6) is 0 Å². The number of nitrogens with zero attached hydrogens (tertiary/aromatic N) is 1. The van der Waals surface area contributed by atoms with Crippen molar-refractivity contribution in [2.45, 2.75) is 39.2 Å². The summed E-state index contributed by atoms with van der Waals surface area (Å²) < 4.78 is 2.94. The maximum absolute atomic E-state index is 6.14. The predicted molar refractivity (Wildman–Crippen MR) is 88.3 cm³/mol.